The molecule has 0 amide bonds. The second-order valence-corrected chi connectivity index (χ2v) is 7.18. The number of benzene rings is 3. The van der Waals surface area contributed by atoms with Crippen LogP contribution < -0.4 is 4.74 Å². The van der Waals surface area contributed by atoms with Gasteiger partial charge in [-0.2, -0.15) is 0 Å². The van der Waals surface area contributed by atoms with Gasteiger partial charge in [-0.25, -0.2) is 8.42 Å². The van der Waals surface area contributed by atoms with E-state index in [4.69, 9.17) is 4.74 Å². The number of ketones is 1. The summed E-state index contributed by atoms with van der Waals surface area (Å²) in [5.41, 5.74) is 0.572. The minimum atomic E-state index is -3.87. The molecule has 0 atom stereocenters. The van der Waals surface area contributed by atoms with Crippen molar-refractivity contribution in [3.8, 4) is 5.75 Å². The number of carbonyl (C=O) groups excluding carboxylic acids is 1. The third-order valence-electron chi connectivity index (χ3n) is 4.12. The lowest BCUT2D eigenvalue weighted by Gasteiger charge is -2.12. The molecule has 0 aliphatic carbocycles. The lowest BCUT2D eigenvalue weighted by atomic mass is 9.97. The normalized spacial score (nSPS) is 15.1. The van der Waals surface area contributed by atoms with Crippen LogP contribution in [0.1, 0.15) is 15.9 Å². The number of ether oxygens (including phenoxy) is 1. The predicted octanol–water partition coefficient (Wildman–Crippen LogP) is 3.23. The van der Waals surface area contributed by atoms with Gasteiger partial charge in [0.25, 0.3) is 0 Å². The van der Waals surface area contributed by atoms with E-state index in [0.717, 1.165) is 0 Å². The third-order valence-corrected chi connectivity index (χ3v) is 5.99. The molecular formula is C18H12O4S. The molecule has 5 heteroatoms. The minimum absolute atomic E-state index is 0.0204. The van der Waals surface area contributed by atoms with Gasteiger partial charge in [0.15, 0.2) is 5.78 Å². The Balaban J connectivity index is 2.33. The number of hydrogen-bond acceptors (Lipinski definition) is 4. The topological polar surface area (TPSA) is 60.4 Å². The number of hydrogen-bond donors (Lipinski definition) is 0. The predicted molar refractivity (Wildman–Crippen MR) is 85.8 cm³/mol. The Morgan fingerprint density at radius 3 is 2.39 bits per heavy atom. The third kappa shape index (κ3) is 1.77. The fourth-order valence-corrected chi connectivity index (χ4v) is 4.93. The van der Waals surface area contributed by atoms with Gasteiger partial charge in [-0.3, -0.25) is 4.79 Å². The number of fused-ring (bicyclic) bond motifs is 1. The maximum atomic E-state index is 13.2. The van der Waals surface area contributed by atoms with Crippen molar-refractivity contribution in [1.82, 2.24) is 0 Å². The smallest absolute Gasteiger partial charge is 0.211 e. The first kappa shape index (κ1) is 14.0. The van der Waals surface area contributed by atoms with E-state index in [0.29, 0.717) is 16.3 Å². The first-order chi connectivity index (χ1) is 11.1. The van der Waals surface area contributed by atoms with Crippen LogP contribution in [-0.2, 0) is 9.84 Å². The average molecular weight is 324 g/mol. The molecule has 23 heavy (non-hydrogen) atoms. The highest BCUT2D eigenvalue weighted by Gasteiger charge is 2.34. The van der Waals surface area contributed by atoms with Gasteiger partial charge in [0.05, 0.1) is 12.0 Å². The van der Waals surface area contributed by atoms with Gasteiger partial charge >= 0.3 is 0 Å². The summed E-state index contributed by atoms with van der Waals surface area (Å²) in [4.78, 5) is 13.0. The molecule has 0 fully saturated rings. The second kappa shape index (κ2) is 4.67. The van der Waals surface area contributed by atoms with Crippen molar-refractivity contribution in [2.75, 3.05) is 7.11 Å². The maximum Gasteiger partial charge on any atom is 0.211 e. The van der Waals surface area contributed by atoms with Crippen molar-refractivity contribution < 1.29 is 17.9 Å². The molecule has 114 valence electrons. The van der Waals surface area contributed by atoms with Crippen molar-refractivity contribution >= 4 is 26.4 Å². The van der Waals surface area contributed by atoms with Crippen molar-refractivity contribution in [3.63, 3.8) is 0 Å². The van der Waals surface area contributed by atoms with Crippen molar-refractivity contribution in [3.05, 3.63) is 65.7 Å². The number of carbonyl (C=O) groups is 1. The Hall–Kier alpha value is -2.66. The summed E-state index contributed by atoms with van der Waals surface area (Å²) in [7, 11) is -2.44. The molecule has 1 aliphatic rings. The van der Waals surface area contributed by atoms with E-state index >= 15 is 0 Å². The fraction of sp³-hybridized carbons (Fsp3) is 0.0556. The molecule has 0 bridgehead atoms. The Bertz CT molecular complexity index is 1080. The first-order valence-corrected chi connectivity index (χ1v) is 8.52. The zero-order valence-electron chi connectivity index (χ0n) is 12.2. The number of methoxy groups -OCH3 is 1. The number of sulfone groups is 1. The van der Waals surface area contributed by atoms with Crippen LogP contribution in [0.2, 0.25) is 0 Å². The quantitative estimate of drug-likeness (QED) is 0.539. The van der Waals surface area contributed by atoms with Crippen LogP contribution in [-0.4, -0.2) is 21.3 Å². The molecule has 4 rings (SSSR count). The summed E-state index contributed by atoms with van der Waals surface area (Å²) >= 11 is 0. The van der Waals surface area contributed by atoms with Crippen LogP contribution in [0.15, 0.2) is 64.4 Å². The van der Waals surface area contributed by atoms with Gasteiger partial charge < -0.3 is 4.74 Å². The molecule has 4 nitrogen and oxygen atoms in total. The zero-order valence-corrected chi connectivity index (χ0v) is 13.1. The Labute approximate surface area is 133 Å². The van der Waals surface area contributed by atoms with E-state index in [1.807, 2.05) is 0 Å². The first-order valence-electron chi connectivity index (χ1n) is 7.04. The van der Waals surface area contributed by atoms with Crippen molar-refractivity contribution in [2.45, 2.75) is 9.79 Å². The Kier molecular flexibility index (Phi) is 2.83. The SMILES string of the molecule is COc1ccc2cccc3c2c1S(=O)(=O)c1ccccc1C3=O. The van der Waals surface area contributed by atoms with Crippen molar-refractivity contribution in [2.24, 2.45) is 0 Å². The summed E-state index contributed by atoms with van der Waals surface area (Å²) in [6.07, 6.45) is 0. The molecule has 3 aromatic rings. The van der Waals surface area contributed by atoms with Crippen molar-refractivity contribution in [1.29, 1.82) is 0 Å². The summed E-state index contributed by atoms with van der Waals surface area (Å²) in [5.74, 6) is -0.0452. The molecule has 0 unspecified atom stereocenters. The maximum absolute atomic E-state index is 13.2. The summed E-state index contributed by atoms with van der Waals surface area (Å²) in [6.45, 7) is 0. The van der Waals surface area contributed by atoms with Crippen LogP contribution >= 0.6 is 0 Å². The van der Waals surface area contributed by atoms with E-state index < -0.39 is 9.84 Å². The van der Waals surface area contributed by atoms with Gasteiger partial charge in [0.1, 0.15) is 10.6 Å². The number of rotatable bonds is 1. The van der Waals surface area contributed by atoms with Gasteiger partial charge in [-0.1, -0.05) is 36.4 Å². The monoisotopic (exact) mass is 324 g/mol. The van der Waals surface area contributed by atoms with Gasteiger partial charge in [-0.05, 0) is 23.6 Å². The molecule has 1 aliphatic heterocycles. The van der Waals surface area contributed by atoms with Crippen LogP contribution in [0.5, 0.6) is 5.75 Å². The summed E-state index contributed by atoms with van der Waals surface area (Å²) < 4.78 is 31.7. The highest BCUT2D eigenvalue weighted by molar-refractivity contribution is 7.92. The molecule has 0 saturated heterocycles. The highest BCUT2D eigenvalue weighted by atomic mass is 32.2. The highest BCUT2D eigenvalue weighted by Crippen LogP contribution is 2.41. The molecule has 0 aromatic heterocycles. The standard InChI is InChI=1S/C18H12O4S/c1-22-14-10-9-11-5-4-7-13-16(11)18(14)23(20,21)15-8-3-2-6-12(15)17(13)19/h2-10H,1H3. The van der Waals surface area contributed by atoms with E-state index in [9.17, 15) is 13.2 Å². The van der Waals surface area contributed by atoms with E-state index in [-0.39, 0.29) is 26.9 Å². The van der Waals surface area contributed by atoms with Gasteiger partial charge in [0.2, 0.25) is 9.84 Å². The molecular weight excluding hydrogens is 312 g/mol. The molecule has 0 N–H and O–H groups in total. The molecule has 3 aromatic carbocycles. The zero-order chi connectivity index (χ0) is 16.2. The lowest BCUT2D eigenvalue weighted by Crippen LogP contribution is -2.07. The van der Waals surface area contributed by atoms with Crippen LogP contribution in [0.4, 0.5) is 0 Å². The van der Waals surface area contributed by atoms with E-state index in [1.54, 1.807) is 48.5 Å². The van der Waals surface area contributed by atoms with E-state index in [1.165, 1.54) is 13.2 Å². The molecule has 0 radical (unpaired) electrons. The van der Waals surface area contributed by atoms with Crippen LogP contribution in [0, 0.1) is 0 Å². The average Bonchev–Trinajstić information content (AvgIpc) is 2.65. The molecule has 1 heterocycles. The van der Waals surface area contributed by atoms with Gasteiger partial charge in [0, 0.05) is 16.5 Å². The fourth-order valence-electron chi connectivity index (χ4n) is 3.09. The largest absolute Gasteiger partial charge is 0.495 e. The molecule has 0 spiro atoms. The van der Waals surface area contributed by atoms with E-state index in [2.05, 4.69) is 0 Å². The summed E-state index contributed by atoms with van der Waals surface area (Å²) in [6, 6.07) is 14.9. The van der Waals surface area contributed by atoms with Gasteiger partial charge in [-0.15, -0.1) is 0 Å². The van der Waals surface area contributed by atoms with Crippen LogP contribution in [0.25, 0.3) is 10.8 Å². The van der Waals surface area contributed by atoms with Crippen LogP contribution in [0.3, 0.4) is 0 Å². The second-order valence-electron chi connectivity index (χ2n) is 5.33. The Morgan fingerprint density at radius 1 is 0.870 bits per heavy atom. The lowest BCUT2D eigenvalue weighted by molar-refractivity contribution is 0.103. The molecule has 0 saturated carbocycles. The summed E-state index contributed by atoms with van der Waals surface area (Å²) in [5, 5.41) is 1.12. The Morgan fingerprint density at radius 2 is 1.61 bits per heavy atom. The minimum Gasteiger partial charge on any atom is -0.495 e.